The van der Waals surface area contributed by atoms with Gasteiger partial charge >= 0.3 is 0 Å². The van der Waals surface area contributed by atoms with E-state index >= 15 is 0 Å². The van der Waals surface area contributed by atoms with Gasteiger partial charge in [0, 0.05) is 24.8 Å². The lowest BCUT2D eigenvalue weighted by molar-refractivity contribution is 0.0737. The lowest BCUT2D eigenvalue weighted by Crippen LogP contribution is -2.30. The van der Waals surface area contributed by atoms with Gasteiger partial charge in [-0.05, 0) is 30.7 Å². The van der Waals surface area contributed by atoms with Gasteiger partial charge < -0.3 is 4.90 Å². The molecule has 0 aliphatic heterocycles. The van der Waals surface area contributed by atoms with E-state index < -0.39 is 0 Å². The summed E-state index contributed by atoms with van der Waals surface area (Å²) in [6.45, 7) is 2.01. The van der Waals surface area contributed by atoms with Crippen LogP contribution >= 0.6 is 0 Å². The molecule has 0 bridgehead atoms. The molecule has 3 aromatic rings. The summed E-state index contributed by atoms with van der Waals surface area (Å²) in [6, 6.07) is 15.4. The fourth-order valence-electron chi connectivity index (χ4n) is 2.40. The van der Waals surface area contributed by atoms with E-state index in [0.717, 1.165) is 16.5 Å². The first-order valence-corrected chi connectivity index (χ1v) is 7.19. The van der Waals surface area contributed by atoms with Crippen LogP contribution in [0.1, 0.15) is 29.0 Å². The lowest BCUT2D eigenvalue weighted by Gasteiger charge is -2.25. The molecule has 0 saturated heterocycles. The van der Waals surface area contributed by atoms with Gasteiger partial charge in [-0.1, -0.05) is 30.3 Å². The van der Waals surface area contributed by atoms with Gasteiger partial charge in [0.1, 0.15) is 5.69 Å². The molecule has 2 aromatic heterocycles. The summed E-state index contributed by atoms with van der Waals surface area (Å²) in [6.07, 6.45) is 3.42. The van der Waals surface area contributed by atoms with Gasteiger partial charge in [-0.3, -0.25) is 9.78 Å². The number of fused-ring (bicyclic) bond motifs is 1. The van der Waals surface area contributed by atoms with Gasteiger partial charge in [-0.25, -0.2) is 4.98 Å². The van der Waals surface area contributed by atoms with Gasteiger partial charge in [0.15, 0.2) is 0 Å². The van der Waals surface area contributed by atoms with E-state index in [9.17, 15) is 4.79 Å². The molecule has 0 aliphatic rings. The molecule has 0 saturated carbocycles. The molecule has 3 rings (SSSR count). The van der Waals surface area contributed by atoms with E-state index in [1.807, 2.05) is 49.4 Å². The molecular weight excluding hydrogens is 274 g/mol. The first kappa shape index (κ1) is 14.2. The molecule has 0 N–H and O–H groups in total. The minimum atomic E-state index is -0.0879. The van der Waals surface area contributed by atoms with Gasteiger partial charge in [0.2, 0.25) is 0 Å². The van der Waals surface area contributed by atoms with E-state index in [1.165, 1.54) is 0 Å². The zero-order valence-corrected chi connectivity index (χ0v) is 12.6. The Morgan fingerprint density at radius 3 is 2.64 bits per heavy atom. The zero-order valence-electron chi connectivity index (χ0n) is 12.6. The largest absolute Gasteiger partial charge is 0.334 e. The second kappa shape index (κ2) is 5.93. The number of amides is 1. The summed E-state index contributed by atoms with van der Waals surface area (Å²) >= 11 is 0. The Bertz CT molecular complexity index is 802. The minimum absolute atomic E-state index is 0.0105. The van der Waals surface area contributed by atoms with E-state index in [2.05, 4.69) is 9.97 Å². The monoisotopic (exact) mass is 291 g/mol. The van der Waals surface area contributed by atoms with Crippen LogP contribution in [0.2, 0.25) is 0 Å². The van der Waals surface area contributed by atoms with Crippen LogP contribution in [0.15, 0.2) is 60.9 Å². The smallest absolute Gasteiger partial charge is 0.272 e. The van der Waals surface area contributed by atoms with Gasteiger partial charge in [-0.15, -0.1) is 0 Å². The van der Waals surface area contributed by atoms with Crippen molar-refractivity contribution in [1.82, 2.24) is 14.9 Å². The first-order valence-electron chi connectivity index (χ1n) is 7.19. The van der Waals surface area contributed by atoms with E-state index in [1.54, 1.807) is 30.4 Å². The van der Waals surface area contributed by atoms with Crippen LogP contribution in [0.5, 0.6) is 0 Å². The molecule has 1 aromatic carbocycles. The molecule has 1 atom stereocenters. The Kier molecular flexibility index (Phi) is 3.83. The Labute approximate surface area is 129 Å². The summed E-state index contributed by atoms with van der Waals surface area (Å²) in [5.41, 5.74) is 2.33. The Balaban J connectivity index is 1.88. The van der Waals surface area contributed by atoms with Crippen molar-refractivity contribution in [3.63, 3.8) is 0 Å². The molecule has 22 heavy (non-hydrogen) atoms. The summed E-state index contributed by atoms with van der Waals surface area (Å²) in [5.74, 6) is -0.0879. The normalized spacial score (nSPS) is 12.1. The highest BCUT2D eigenvalue weighted by Crippen LogP contribution is 2.20. The Hall–Kier alpha value is -2.75. The van der Waals surface area contributed by atoms with Crippen LogP contribution in [0.3, 0.4) is 0 Å². The molecule has 110 valence electrons. The van der Waals surface area contributed by atoms with Crippen molar-refractivity contribution in [3.8, 4) is 0 Å². The average Bonchev–Trinajstić information content (AvgIpc) is 2.60. The number of hydrogen-bond acceptors (Lipinski definition) is 3. The van der Waals surface area contributed by atoms with Crippen molar-refractivity contribution >= 4 is 16.8 Å². The zero-order chi connectivity index (χ0) is 15.5. The highest BCUT2D eigenvalue weighted by Gasteiger charge is 2.19. The molecule has 0 radical (unpaired) electrons. The predicted molar refractivity (Wildman–Crippen MR) is 86.5 cm³/mol. The summed E-state index contributed by atoms with van der Waals surface area (Å²) in [5, 5.41) is 0.929. The van der Waals surface area contributed by atoms with Crippen LogP contribution in [0, 0.1) is 0 Å². The Morgan fingerprint density at radius 1 is 1.09 bits per heavy atom. The maximum absolute atomic E-state index is 12.7. The number of pyridine rings is 2. The van der Waals surface area contributed by atoms with Crippen molar-refractivity contribution in [2.75, 3.05) is 7.05 Å². The molecule has 0 spiro atoms. The molecule has 4 nitrogen and oxygen atoms in total. The molecule has 0 aliphatic carbocycles. The summed E-state index contributed by atoms with van der Waals surface area (Å²) in [4.78, 5) is 22.9. The van der Waals surface area contributed by atoms with Crippen LogP contribution in [-0.2, 0) is 0 Å². The van der Waals surface area contributed by atoms with Crippen molar-refractivity contribution in [3.05, 3.63) is 72.2 Å². The summed E-state index contributed by atoms with van der Waals surface area (Å²) in [7, 11) is 1.80. The maximum atomic E-state index is 12.7. The number of rotatable bonds is 3. The maximum Gasteiger partial charge on any atom is 0.272 e. The van der Waals surface area contributed by atoms with Gasteiger partial charge in [0.25, 0.3) is 5.91 Å². The van der Waals surface area contributed by atoms with Crippen LogP contribution in [-0.4, -0.2) is 27.8 Å². The number of benzene rings is 1. The highest BCUT2D eigenvalue weighted by molar-refractivity contribution is 5.94. The van der Waals surface area contributed by atoms with Crippen molar-refractivity contribution in [1.29, 1.82) is 0 Å². The van der Waals surface area contributed by atoms with E-state index in [-0.39, 0.29) is 11.9 Å². The topological polar surface area (TPSA) is 46.1 Å². The van der Waals surface area contributed by atoms with Crippen molar-refractivity contribution < 1.29 is 4.79 Å². The number of hydrogen-bond donors (Lipinski definition) is 0. The predicted octanol–water partition coefficient (Wildman–Crippen LogP) is 3.46. The Morgan fingerprint density at radius 2 is 1.86 bits per heavy atom. The third kappa shape index (κ3) is 2.68. The fraction of sp³-hybridized carbons (Fsp3) is 0.167. The lowest BCUT2D eigenvalue weighted by atomic mass is 10.1. The van der Waals surface area contributed by atoms with Crippen LogP contribution < -0.4 is 0 Å². The second-order valence-electron chi connectivity index (χ2n) is 5.27. The summed E-state index contributed by atoms with van der Waals surface area (Å²) < 4.78 is 0. The molecule has 4 heteroatoms. The fourth-order valence-corrected chi connectivity index (χ4v) is 2.40. The van der Waals surface area contributed by atoms with Gasteiger partial charge in [-0.2, -0.15) is 0 Å². The third-order valence-corrected chi connectivity index (χ3v) is 3.89. The van der Waals surface area contributed by atoms with Crippen LogP contribution in [0.4, 0.5) is 0 Å². The SMILES string of the molecule is CC(c1ccccc1)N(C)C(=O)c1ccc2cnccc2n1. The standard InChI is InChI=1S/C18H17N3O/c1-13(14-6-4-3-5-7-14)21(2)18(22)17-9-8-15-12-19-11-10-16(15)20-17/h3-13H,1-2H3. The average molecular weight is 291 g/mol. The highest BCUT2D eigenvalue weighted by atomic mass is 16.2. The van der Waals surface area contributed by atoms with Crippen molar-refractivity contribution in [2.45, 2.75) is 13.0 Å². The molecular formula is C18H17N3O. The number of carbonyl (C=O) groups excluding carboxylic acids is 1. The third-order valence-electron chi connectivity index (χ3n) is 3.89. The van der Waals surface area contributed by atoms with E-state index in [0.29, 0.717) is 5.69 Å². The quantitative estimate of drug-likeness (QED) is 0.742. The number of carbonyl (C=O) groups is 1. The van der Waals surface area contributed by atoms with Crippen LogP contribution in [0.25, 0.3) is 10.9 Å². The molecule has 0 fully saturated rings. The van der Waals surface area contributed by atoms with E-state index in [4.69, 9.17) is 0 Å². The minimum Gasteiger partial charge on any atom is -0.334 e. The molecule has 1 amide bonds. The number of nitrogens with zero attached hydrogens (tertiary/aromatic N) is 3. The van der Waals surface area contributed by atoms with Crippen molar-refractivity contribution in [2.24, 2.45) is 0 Å². The molecule has 2 heterocycles. The first-order chi connectivity index (χ1) is 10.7. The second-order valence-corrected chi connectivity index (χ2v) is 5.27. The van der Waals surface area contributed by atoms with Gasteiger partial charge in [0.05, 0.1) is 11.6 Å². The number of aromatic nitrogens is 2. The molecule has 1 unspecified atom stereocenters.